The van der Waals surface area contributed by atoms with Gasteiger partial charge in [-0.15, -0.1) is 0 Å². The summed E-state index contributed by atoms with van der Waals surface area (Å²) < 4.78 is 26.7. The molecule has 1 aromatic carbocycles. The van der Waals surface area contributed by atoms with Crippen LogP contribution in [-0.4, -0.2) is 10.9 Å². The monoisotopic (exact) mass is 341 g/mol. The second-order valence-electron chi connectivity index (χ2n) is 4.12. The van der Waals surface area contributed by atoms with Gasteiger partial charge in [0.15, 0.2) is 0 Å². The van der Waals surface area contributed by atoms with Gasteiger partial charge in [0.05, 0.1) is 10.2 Å². The van der Waals surface area contributed by atoms with E-state index < -0.39 is 17.5 Å². The molecule has 0 saturated heterocycles. The molecule has 4 nitrogen and oxygen atoms in total. The fraction of sp³-hybridized carbons (Fsp3) is 0.0769. The van der Waals surface area contributed by atoms with Crippen molar-refractivity contribution >= 4 is 33.3 Å². The lowest BCUT2D eigenvalue weighted by atomic mass is 10.2. The van der Waals surface area contributed by atoms with Crippen LogP contribution in [0.4, 0.5) is 20.3 Å². The number of pyridine rings is 1. The number of benzene rings is 1. The zero-order chi connectivity index (χ0) is 14.9. The lowest BCUT2D eigenvalue weighted by Gasteiger charge is -2.08. The van der Waals surface area contributed by atoms with E-state index >= 15 is 0 Å². The number of amides is 1. The number of aromatic nitrogens is 1. The maximum absolute atomic E-state index is 13.6. The van der Waals surface area contributed by atoms with Gasteiger partial charge in [-0.3, -0.25) is 4.79 Å². The first-order valence-corrected chi connectivity index (χ1v) is 6.36. The molecule has 2 rings (SSSR count). The molecule has 0 aliphatic carbocycles. The molecule has 0 unspecified atom stereocenters. The summed E-state index contributed by atoms with van der Waals surface area (Å²) in [6.45, 7) is 1.68. The quantitative estimate of drug-likeness (QED) is 0.823. The van der Waals surface area contributed by atoms with E-state index in [1.54, 1.807) is 6.92 Å². The number of carbonyl (C=O) groups is 1. The Balaban J connectivity index is 2.30. The molecule has 0 fully saturated rings. The van der Waals surface area contributed by atoms with Crippen LogP contribution in [0.15, 0.2) is 28.7 Å². The number of halogens is 3. The molecule has 0 radical (unpaired) electrons. The SMILES string of the molecule is Cc1cc(C(=O)Nc2cc(Br)c(F)cc2F)cc(N)n1. The Labute approximate surface area is 122 Å². The van der Waals surface area contributed by atoms with Crippen LogP contribution < -0.4 is 11.1 Å². The second kappa shape index (κ2) is 5.54. The topological polar surface area (TPSA) is 68.0 Å². The Bertz CT molecular complexity index is 671. The number of nitrogen functional groups attached to an aromatic ring is 1. The lowest BCUT2D eigenvalue weighted by Crippen LogP contribution is -2.14. The summed E-state index contributed by atoms with van der Waals surface area (Å²) >= 11 is 2.93. The number of hydrogen-bond donors (Lipinski definition) is 2. The fourth-order valence-electron chi connectivity index (χ4n) is 1.64. The van der Waals surface area contributed by atoms with Crippen molar-refractivity contribution in [2.45, 2.75) is 6.92 Å². The van der Waals surface area contributed by atoms with Gasteiger partial charge in [-0.05, 0) is 41.1 Å². The van der Waals surface area contributed by atoms with Crippen molar-refractivity contribution in [2.24, 2.45) is 0 Å². The molecule has 104 valence electrons. The molecule has 0 aliphatic heterocycles. The van der Waals surface area contributed by atoms with Crippen LogP contribution in [0.25, 0.3) is 0 Å². The van der Waals surface area contributed by atoms with Gasteiger partial charge in [0, 0.05) is 17.3 Å². The third-order valence-electron chi connectivity index (χ3n) is 2.49. The molecule has 1 amide bonds. The summed E-state index contributed by atoms with van der Waals surface area (Å²) in [4.78, 5) is 15.9. The van der Waals surface area contributed by atoms with E-state index in [0.717, 1.165) is 6.07 Å². The van der Waals surface area contributed by atoms with Gasteiger partial charge in [-0.25, -0.2) is 13.8 Å². The maximum Gasteiger partial charge on any atom is 0.255 e. The van der Waals surface area contributed by atoms with Gasteiger partial charge < -0.3 is 11.1 Å². The molecule has 1 heterocycles. The Morgan fingerprint density at radius 1 is 1.25 bits per heavy atom. The molecule has 2 aromatic rings. The van der Waals surface area contributed by atoms with E-state index in [-0.39, 0.29) is 21.5 Å². The van der Waals surface area contributed by atoms with Crippen LogP contribution in [0, 0.1) is 18.6 Å². The minimum absolute atomic E-state index is 0.0552. The van der Waals surface area contributed by atoms with Gasteiger partial charge in [-0.2, -0.15) is 0 Å². The Morgan fingerprint density at radius 2 is 1.95 bits per heavy atom. The standard InChI is InChI=1S/C13H10BrF2N3O/c1-6-2-7(3-12(17)18-6)13(20)19-11-4-8(14)9(15)5-10(11)16/h2-5H,1H3,(H2,17,18)(H,19,20). The summed E-state index contributed by atoms with van der Waals surface area (Å²) in [5.41, 5.74) is 6.22. The molecular weight excluding hydrogens is 332 g/mol. The third kappa shape index (κ3) is 3.11. The average molecular weight is 342 g/mol. The van der Waals surface area contributed by atoms with Crippen molar-refractivity contribution in [3.8, 4) is 0 Å². The zero-order valence-electron chi connectivity index (χ0n) is 10.4. The van der Waals surface area contributed by atoms with Crippen LogP contribution in [0.2, 0.25) is 0 Å². The summed E-state index contributed by atoms with van der Waals surface area (Å²) in [6, 6.07) is 4.73. The predicted molar refractivity (Wildman–Crippen MR) is 75.4 cm³/mol. The van der Waals surface area contributed by atoms with Crippen LogP contribution in [0.5, 0.6) is 0 Å². The third-order valence-corrected chi connectivity index (χ3v) is 3.10. The van der Waals surface area contributed by atoms with Crippen molar-refractivity contribution in [3.63, 3.8) is 0 Å². The maximum atomic E-state index is 13.6. The predicted octanol–water partition coefficient (Wildman–Crippen LogP) is 3.27. The van der Waals surface area contributed by atoms with Gasteiger partial charge in [0.1, 0.15) is 17.5 Å². The normalized spacial score (nSPS) is 10.4. The highest BCUT2D eigenvalue weighted by Gasteiger charge is 2.13. The highest BCUT2D eigenvalue weighted by atomic mass is 79.9. The zero-order valence-corrected chi connectivity index (χ0v) is 12.0. The molecule has 0 atom stereocenters. The Morgan fingerprint density at radius 3 is 2.60 bits per heavy atom. The highest BCUT2D eigenvalue weighted by molar-refractivity contribution is 9.10. The number of nitrogens with two attached hydrogens (primary N) is 1. The first kappa shape index (κ1) is 14.4. The number of carbonyl (C=O) groups excluding carboxylic acids is 1. The first-order chi connectivity index (χ1) is 9.36. The number of nitrogens with one attached hydrogen (secondary N) is 1. The molecule has 0 spiro atoms. The largest absolute Gasteiger partial charge is 0.384 e. The average Bonchev–Trinajstić information content (AvgIpc) is 2.34. The molecule has 0 saturated carbocycles. The van der Waals surface area contributed by atoms with Crippen molar-refractivity contribution in [1.29, 1.82) is 0 Å². The van der Waals surface area contributed by atoms with Crippen molar-refractivity contribution in [1.82, 2.24) is 4.98 Å². The van der Waals surface area contributed by atoms with E-state index in [2.05, 4.69) is 26.2 Å². The number of nitrogens with zero attached hydrogens (tertiary/aromatic N) is 1. The van der Waals surface area contributed by atoms with Crippen LogP contribution in [0.3, 0.4) is 0 Å². The van der Waals surface area contributed by atoms with Crippen LogP contribution >= 0.6 is 15.9 Å². The summed E-state index contributed by atoms with van der Waals surface area (Å²) in [5.74, 6) is -1.97. The minimum Gasteiger partial charge on any atom is -0.384 e. The molecule has 3 N–H and O–H groups in total. The Kier molecular flexibility index (Phi) is 3.99. The second-order valence-corrected chi connectivity index (χ2v) is 4.98. The lowest BCUT2D eigenvalue weighted by molar-refractivity contribution is 0.102. The highest BCUT2D eigenvalue weighted by Crippen LogP contribution is 2.24. The van der Waals surface area contributed by atoms with E-state index in [4.69, 9.17) is 5.73 Å². The summed E-state index contributed by atoms with van der Waals surface area (Å²) in [5, 5.41) is 2.36. The number of rotatable bonds is 2. The van der Waals surface area contributed by atoms with Gasteiger partial charge in [0.2, 0.25) is 0 Å². The number of anilines is 2. The Hall–Kier alpha value is -2.02. The van der Waals surface area contributed by atoms with Crippen molar-refractivity contribution < 1.29 is 13.6 Å². The van der Waals surface area contributed by atoms with Crippen molar-refractivity contribution in [3.05, 3.63) is 51.6 Å². The molecule has 0 aliphatic rings. The fourth-order valence-corrected chi connectivity index (χ4v) is 1.98. The van der Waals surface area contributed by atoms with Gasteiger partial charge in [0.25, 0.3) is 5.91 Å². The smallest absolute Gasteiger partial charge is 0.255 e. The molecule has 20 heavy (non-hydrogen) atoms. The number of aryl methyl sites for hydroxylation is 1. The first-order valence-electron chi connectivity index (χ1n) is 5.57. The summed E-state index contributed by atoms with van der Waals surface area (Å²) in [7, 11) is 0. The molecular formula is C13H10BrF2N3O. The van der Waals surface area contributed by atoms with Crippen LogP contribution in [0.1, 0.15) is 16.1 Å². The van der Waals surface area contributed by atoms with Crippen molar-refractivity contribution in [2.75, 3.05) is 11.1 Å². The van der Waals surface area contributed by atoms with Gasteiger partial charge >= 0.3 is 0 Å². The molecule has 7 heteroatoms. The minimum atomic E-state index is -0.863. The van der Waals surface area contributed by atoms with E-state index in [1.165, 1.54) is 12.1 Å². The molecule has 1 aromatic heterocycles. The van der Waals surface area contributed by atoms with E-state index in [0.29, 0.717) is 11.8 Å². The van der Waals surface area contributed by atoms with Gasteiger partial charge in [-0.1, -0.05) is 0 Å². The summed E-state index contributed by atoms with van der Waals surface area (Å²) in [6.07, 6.45) is 0. The number of hydrogen-bond acceptors (Lipinski definition) is 3. The van der Waals surface area contributed by atoms with Crippen LogP contribution in [-0.2, 0) is 0 Å². The van der Waals surface area contributed by atoms with E-state index in [9.17, 15) is 13.6 Å². The molecule has 0 bridgehead atoms. The van der Waals surface area contributed by atoms with E-state index in [1.807, 2.05) is 0 Å².